The Hall–Kier alpha value is -3.26. The van der Waals surface area contributed by atoms with Crippen LogP contribution in [0.3, 0.4) is 0 Å². The third kappa shape index (κ3) is 4.78. The molecule has 0 spiro atoms. The smallest absolute Gasteiger partial charge is 0.357 e. The first-order valence-corrected chi connectivity index (χ1v) is 8.87. The van der Waals surface area contributed by atoms with E-state index in [2.05, 4.69) is 4.98 Å². The second kappa shape index (κ2) is 8.83. The molecule has 0 N–H and O–H groups in total. The minimum Gasteiger partial charge on any atom is -0.451 e. The van der Waals surface area contributed by atoms with Crippen molar-refractivity contribution in [2.45, 2.75) is 6.54 Å². The summed E-state index contributed by atoms with van der Waals surface area (Å²) >= 11 is 5.96. The van der Waals surface area contributed by atoms with Crippen molar-refractivity contribution in [3.63, 3.8) is 0 Å². The molecule has 0 saturated carbocycles. The van der Waals surface area contributed by atoms with Crippen LogP contribution in [-0.2, 0) is 16.1 Å². The maximum absolute atomic E-state index is 13.9. The fraction of sp³-hybridized carbons (Fsp3) is 0.150. The van der Waals surface area contributed by atoms with Gasteiger partial charge in [0, 0.05) is 29.9 Å². The van der Waals surface area contributed by atoms with Crippen molar-refractivity contribution in [3.8, 4) is 5.69 Å². The highest BCUT2D eigenvalue weighted by atomic mass is 35.5. The summed E-state index contributed by atoms with van der Waals surface area (Å²) in [6.07, 6.45) is 2.65. The van der Waals surface area contributed by atoms with Crippen LogP contribution in [0.5, 0.6) is 0 Å². The summed E-state index contributed by atoms with van der Waals surface area (Å²) in [5.74, 6) is -2.26. The molecule has 3 aromatic rings. The number of likely N-dealkylation sites (N-methyl/N-ethyl adjacent to an activating group) is 1. The Kier molecular flexibility index (Phi) is 6.23. The van der Waals surface area contributed by atoms with Gasteiger partial charge in [-0.15, -0.1) is 0 Å². The second-order valence-electron chi connectivity index (χ2n) is 6.15. The first-order valence-electron chi connectivity index (χ1n) is 8.49. The van der Waals surface area contributed by atoms with E-state index in [1.807, 2.05) is 0 Å². The molecule has 1 amide bonds. The summed E-state index contributed by atoms with van der Waals surface area (Å²) in [4.78, 5) is 29.7. The van der Waals surface area contributed by atoms with Gasteiger partial charge in [-0.05, 0) is 36.4 Å². The van der Waals surface area contributed by atoms with E-state index in [0.717, 1.165) is 0 Å². The number of hydrogen-bond acceptors (Lipinski definition) is 4. The van der Waals surface area contributed by atoms with Gasteiger partial charge >= 0.3 is 5.97 Å². The van der Waals surface area contributed by atoms with E-state index in [1.54, 1.807) is 0 Å². The highest BCUT2D eigenvalue weighted by molar-refractivity contribution is 6.31. The van der Waals surface area contributed by atoms with Gasteiger partial charge in [-0.1, -0.05) is 17.7 Å². The highest BCUT2D eigenvalue weighted by Crippen LogP contribution is 2.20. The molecule has 0 radical (unpaired) electrons. The topological polar surface area (TPSA) is 64.4 Å². The van der Waals surface area contributed by atoms with E-state index in [-0.39, 0.29) is 22.8 Å². The van der Waals surface area contributed by atoms with Crippen molar-refractivity contribution in [2.24, 2.45) is 0 Å². The van der Waals surface area contributed by atoms with Gasteiger partial charge in [0.2, 0.25) is 0 Å². The molecule has 3 rings (SSSR count). The van der Waals surface area contributed by atoms with Crippen LogP contribution in [0.1, 0.15) is 16.1 Å². The predicted molar refractivity (Wildman–Crippen MR) is 102 cm³/mol. The number of benzene rings is 2. The van der Waals surface area contributed by atoms with E-state index in [9.17, 15) is 18.4 Å². The molecule has 0 atom stereocenters. The molecule has 9 heteroatoms. The normalized spacial score (nSPS) is 10.6. The van der Waals surface area contributed by atoms with Crippen LogP contribution in [0.2, 0.25) is 5.02 Å². The quantitative estimate of drug-likeness (QED) is 0.572. The lowest BCUT2D eigenvalue weighted by Crippen LogP contribution is -2.31. The standard InChI is InChI=1S/C20H16ClF2N3O3/c1-25(10-15-16(21)3-2-4-17(15)23)19(27)11-29-20(28)18-9-24-12-26(18)14-7-5-13(22)6-8-14/h2-9,12H,10-11H2,1H3. The number of ether oxygens (including phenoxy) is 1. The summed E-state index contributed by atoms with van der Waals surface area (Å²) in [5.41, 5.74) is 0.753. The molecule has 0 fully saturated rings. The number of rotatable bonds is 6. The molecule has 0 saturated heterocycles. The number of aromatic nitrogens is 2. The zero-order chi connectivity index (χ0) is 21.0. The minimum atomic E-state index is -0.780. The van der Waals surface area contributed by atoms with Crippen molar-refractivity contribution in [1.29, 1.82) is 0 Å². The van der Waals surface area contributed by atoms with Gasteiger partial charge in [0.1, 0.15) is 11.6 Å². The van der Waals surface area contributed by atoms with Crippen LogP contribution in [-0.4, -0.2) is 40.0 Å². The van der Waals surface area contributed by atoms with Crippen LogP contribution in [0, 0.1) is 11.6 Å². The zero-order valence-corrected chi connectivity index (χ0v) is 16.1. The third-order valence-corrected chi connectivity index (χ3v) is 4.52. The van der Waals surface area contributed by atoms with Crippen LogP contribution in [0.15, 0.2) is 55.0 Å². The second-order valence-corrected chi connectivity index (χ2v) is 6.56. The van der Waals surface area contributed by atoms with E-state index in [0.29, 0.717) is 5.69 Å². The van der Waals surface area contributed by atoms with E-state index in [1.165, 1.54) is 71.5 Å². The Bertz CT molecular complexity index is 1020. The molecule has 1 heterocycles. The van der Waals surface area contributed by atoms with Gasteiger partial charge in [0.05, 0.1) is 12.5 Å². The van der Waals surface area contributed by atoms with Crippen molar-refractivity contribution in [2.75, 3.05) is 13.7 Å². The molecule has 29 heavy (non-hydrogen) atoms. The van der Waals surface area contributed by atoms with E-state index < -0.39 is 30.1 Å². The molecule has 2 aromatic carbocycles. The first-order chi connectivity index (χ1) is 13.9. The Labute approximate surface area is 170 Å². The van der Waals surface area contributed by atoms with E-state index >= 15 is 0 Å². The molecule has 150 valence electrons. The monoisotopic (exact) mass is 419 g/mol. The van der Waals surface area contributed by atoms with Crippen LogP contribution >= 0.6 is 11.6 Å². The van der Waals surface area contributed by atoms with Crippen LogP contribution < -0.4 is 0 Å². The molecule has 0 aliphatic heterocycles. The van der Waals surface area contributed by atoms with Gasteiger partial charge in [-0.3, -0.25) is 9.36 Å². The van der Waals surface area contributed by atoms with Crippen molar-refractivity contribution < 1.29 is 23.1 Å². The molecular weight excluding hydrogens is 404 g/mol. The van der Waals surface area contributed by atoms with Crippen molar-refractivity contribution in [3.05, 3.63) is 82.9 Å². The van der Waals surface area contributed by atoms with E-state index in [4.69, 9.17) is 16.3 Å². The number of amides is 1. The Morgan fingerprint density at radius 3 is 2.59 bits per heavy atom. The summed E-state index contributed by atoms with van der Waals surface area (Å²) in [7, 11) is 1.45. The lowest BCUT2D eigenvalue weighted by Gasteiger charge is -2.18. The Morgan fingerprint density at radius 1 is 1.17 bits per heavy atom. The number of halogens is 3. The molecule has 0 aliphatic rings. The zero-order valence-electron chi connectivity index (χ0n) is 15.3. The van der Waals surface area contributed by atoms with Crippen molar-refractivity contribution >= 4 is 23.5 Å². The SMILES string of the molecule is CN(Cc1c(F)cccc1Cl)C(=O)COC(=O)c1cncn1-c1ccc(F)cc1. The number of carbonyl (C=O) groups is 2. The van der Waals surface area contributed by atoms with Gasteiger partial charge < -0.3 is 9.64 Å². The average Bonchev–Trinajstić information content (AvgIpc) is 3.19. The van der Waals surface area contributed by atoms with Gasteiger partial charge in [0.25, 0.3) is 5.91 Å². The maximum Gasteiger partial charge on any atom is 0.357 e. The summed E-state index contributed by atoms with van der Waals surface area (Å²) < 4.78 is 33.4. The van der Waals surface area contributed by atoms with Crippen LogP contribution in [0.4, 0.5) is 8.78 Å². The number of hydrogen-bond donors (Lipinski definition) is 0. The molecular formula is C20H16ClF2N3O3. The average molecular weight is 420 g/mol. The van der Waals surface area contributed by atoms with Gasteiger partial charge in [-0.2, -0.15) is 0 Å². The number of imidazole rings is 1. The molecule has 6 nitrogen and oxygen atoms in total. The summed E-state index contributed by atoms with van der Waals surface area (Å²) in [6, 6.07) is 9.68. The number of carbonyl (C=O) groups excluding carboxylic acids is 2. The molecule has 0 unspecified atom stereocenters. The van der Waals surface area contributed by atoms with Crippen LogP contribution in [0.25, 0.3) is 5.69 Å². The highest BCUT2D eigenvalue weighted by Gasteiger charge is 2.19. The largest absolute Gasteiger partial charge is 0.451 e. The van der Waals surface area contributed by atoms with Gasteiger partial charge in [0.15, 0.2) is 12.3 Å². The number of esters is 1. The molecule has 0 aliphatic carbocycles. The predicted octanol–water partition coefficient (Wildman–Crippen LogP) is 3.62. The first kappa shape index (κ1) is 20.5. The molecule has 1 aromatic heterocycles. The summed E-state index contributed by atoms with van der Waals surface area (Å²) in [6.45, 7) is -0.620. The summed E-state index contributed by atoms with van der Waals surface area (Å²) in [5, 5.41) is 0.199. The maximum atomic E-state index is 13.9. The number of nitrogens with zero attached hydrogens (tertiary/aromatic N) is 3. The fourth-order valence-electron chi connectivity index (χ4n) is 2.57. The Morgan fingerprint density at radius 2 is 1.90 bits per heavy atom. The lowest BCUT2D eigenvalue weighted by atomic mass is 10.2. The Balaban J connectivity index is 1.63. The fourth-order valence-corrected chi connectivity index (χ4v) is 2.80. The van der Waals surface area contributed by atoms with Gasteiger partial charge in [-0.25, -0.2) is 18.6 Å². The third-order valence-electron chi connectivity index (χ3n) is 4.16. The van der Waals surface area contributed by atoms with Crippen molar-refractivity contribution in [1.82, 2.24) is 14.5 Å². The molecule has 0 bridgehead atoms. The minimum absolute atomic E-state index is 0.0733. The lowest BCUT2D eigenvalue weighted by molar-refractivity contribution is -0.133.